The lowest BCUT2D eigenvalue weighted by molar-refractivity contribution is -0.128. The molecule has 0 unspecified atom stereocenters. The van der Waals surface area contributed by atoms with E-state index in [1.807, 2.05) is 0 Å². The molecule has 0 spiro atoms. The zero-order valence-corrected chi connectivity index (χ0v) is 26.1. The Labute approximate surface area is 257 Å². The third kappa shape index (κ3) is 7.25. The summed E-state index contributed by atoms with van der Waals surface area (Å²) in [6, 6.07) is 18.4. The van der Waals surface area contributed by atoms with E-state index in [9.17, 15) is 13.2 Å². The molecule has 0 aliphatic carbocycles. The average Bonchev–Trinajstić information content (AvgIpc) is 3.40. The summed E-state index contributed by atoms with van der Waals surface area (Å²) < 4.78 is 54.6. The van der Waals surface area contributed by atoms with Crippen molar-refractivity contribution in [3.05, 3.63) is 77.9 Å². The maximum Gasteiger partial charge on any atom is 0.252 e. The summed E-state index contributed by atoms with van der Waals surface area (Å²) in [5, 5.41) is 11.9. The highest BCUT2D eigenvalue weighted by atomic mass is 32.2. The van der Waals surface area contributed by atoms with E-state index in [4.69, 9.17) is 33.8 Å². The van der Waals surface area contributed by atoms with Crippen molar-refractivity contribution in [2.75, 3.05) is 40.3 Å². The molecule has 2 atom stereocenters. The van der Waals surface area contributed by atoms with E-state index in [1.54, 1.807) is 61.5 Å². The Morgan fingerprint density at radius 2 is 1.64 bits per heavy atom. The van der Waals surface area contributed by atoms with Crippen LogP contribution in [-0.4, -0.2) is 77.3 Å². The highest BCUT2D eigenvalue weighted by Crippen LogP contribution is 2.36. The molecule has 12 heteroatoms. The molecule has 1 amide bonds. The summed E-state index contributed by atoms with van der Waals surface area (Å²) >= 11 is 0. The molecule has 3 aromatic carbocycles. The normalized spacial score (nSPS) is 17.8. The summed E-state index contributed by atoms with van der Waals surface area (Å²) in [6.07, 6.45) is -0.407. The van der Waals surface area contributed by atoms with Crippen LogP contribution >= 0.6 is 0 Å². The zero-order chi connectivity index (χ0) is 31.7. The van der Waals surface area contributed by atoms with Gasteiger partial charge >= 0.3 is 0 Å². The number of aliphatic hydroxyl groups excluding tert-OH is 1. The fourth-order valence-electron chi connectivity index (χ4n) is 4.86. The number of carbonyl (C=O) groups excluding carboxylic acids is 1. The van der Waals surface area contributed by atoms with Crippen molar-refractivity contribution >= 4 is 21.6 Å². The minimum atomic E-state index is -3.73. The summed E-state index contributed by atoms with van der Waals surface area (Å²) in [6.45, 7) is 2.11. The van der Waals surface area contributed by atoms with Gasteiger partial charge in [-0.25, -0.2) is 13.4 Å². The summed E-state index contributed by atoms with van der Waals surface area (Å²) in [4.78, 5) is 19.0. The number of benzene rings is 3. The van der Waals surface area contributed by atoms with E-state index in [-0.39, 0.29) is 36.1 Å². The van der Waals surface area contributed by atoms with E-state index in [2.05, 4.69) is 5.32 Å². The van der Waals surface area contributed by atoms with Crippen molar-refractivity contribution in [1.82, 2.24) is 5.32 Å². The highest BCUT2D eigenvalue weighted by Gasteiger charge is 2.50. The van der Waals surface area contributed by atoms with Crippen LogP contribution in [0.15, 0.2) is 76.6 Å². The first-order valence-electron chi connectivity index (χ1n) is 14.1. The van der Waals surface area contributed by atoms with Crippen LogP contribution in [0.4, 0.5) is 0 Å². The summed E-state index contributed by atoms with van der Waals surface area (Å²) in [5.41, 5.74) is -0.380. The molecular weight excluding hydrogens is 588 g/mol. The largest absolute Gasteiger partial charge is 0.496 e. The number of aliphatic hydroxyl groups is 1. The second kappa shape index (κ2) is 14.5. The Morgan fingerprint density at radius 3 is 2.23 bits per heavy atom. The van der Waals surface area contributed by atoms with Crippen molar-refractivity contribution in [2.45, 2.75) is 42.8 Å². The number of amides is 1. The van der Waals surface area contributed by atoms with Gasteiger partial charge in [0.25, 0.3) is 5.91 Å². The fourth-order valence-corrected chi connectivity index (χ4v) is 6.25. The van der Waals surface area contributed by atoms with Crippen molar-refractivity contribution in [2.24, 2.45) is 4.99 Å². The molecule has 0 aromatic heterocycles. The number of ether oxygens (including phenoxy) is 5. The number of hydrogen-bond acceptors (Lipinski definition) is 10. The number of rotatable bonds is 15. The molecule has 1 aliphatic heterocycles. The van der Waals surface area contributed by atoms with E-state index in [0.29, 0.717) is 47.2 Å². The molecule has 236 valence electrons. The van der Waals surface area contributed by atoms with Gasteiger partial charge in [0.1, 0.15) is 29.1 Å². The standard InChI is InChI=1S/C32H38N2O9S/c1-22-32(15-18-44(37,38)26-9-6-5-7-10-26,34-30(43-22)23-11-13-24(14-12-23)42-17-8-16-35)31(36)33-21-27-28(40-3)19-25(39-2)20-29(27)41-4/h5-7,9-14,19-20,22,35H,8,15-18,21H2,1-4H3,(H,33,36)/t22-,32-/m1/s1. The third-order valence-electron chi connectivity index (χ3n) is 7.42. The smallest absolute Gasteiger partial charge is 0.252 e. The molecule has 0 radical (unpaired) electrons. The zero-order valence-electron chi connectivity index (χ0n) is 25.2. The Balaban J connectivity index is 1.65. The predicted octanol–water partition coefficient (Wildman–Crippen LogP) is 3.56. The van der Waals surface area contributed by atoms with Gasteiger partial charge in [-0.05, 0) is 49.7 Å². The van der Waals surface area contributed by atoms with E-state index in [0.717, 1.165) is 0 Å². The first-order chi connectivity index (χ1) is 21.2. The molecule has 0 bridgehead atoms. The van der Waals surface area contributed by atoms with Crippen LogP contribution in [0.3, 0.4) is 0 Å². The van der Waals surface area contributed by atoms with Gasteiger partial charge in [0.2, 0.25) is 5.90 Å². The number of methoxy groups -OCH3 is 3. The van der Waals surface area contributed by atoms with Gasteiger partial charge < -0.3 is 34.1 Å². The summed E-state index contributed by atoms with van der Waals surface area (Å²) in [5.74, 6) is 1.40. The van der Waals surface area contributed by atoms with Crippen LogP contribution in [0, 0.1) is 0 Å². The Kier molecular flexibility index (Phi) is 10.7. The number of nitrogens with zero attached hydrogens (tertiary/aromatic N) is 1. The van der Waals surface area contributed by atoms with Gasteiger partial charge in [-0.2, -0.15) is 0 Å². The van der Waals surface area contributed by atoms with Gasteiger partial charge in [0.15, 0.2) is 15.4 Å². The quantitative estimate of drug-likeness (QED) is 0.242. The Hall–Kier alpha value is -4.29. The number of sulfone groups is 1. The molecule has 11 nitrogen and oxygen atoms in total. The number of aliphatic imine (C=N–C) groups is 1. The van der Waals surface area contributed by atoms with Gasteiger partial charge in [0, 0.05) is 30.7 Å². The Bertz CT molecular complexity index is 1540. The Morgan fingerprint density at radius 1 is 0.977 bits per heavy atom. The second-order valence-corrected chi connectivity index (χ2v) is 12.2. The third-order valence-corrected chi connectivity index (χ3v) is 9.16. The molecule has 1 heterocycles. The van der Waals surface area contributed by atoms with Crippen LogP contribution < -0.4 is 24.3 Å². The molecule has 0 fully saturated rings. The van der Waals surface area contributed by atoms with Gasteiger partial charge in [-0.3, -0.25) is 4.79 Å². The van der Waals surface area contributed by atoms with Gasteiger partial charge in [-0.15, -0.1) is 0 Å². The van der Waals surface area contributed by atoms with Crippen LogP contribution in [-0.2, 0) is 25.9 Å². The average molecular weight is 627 g/mol. The highest BCUT2D eigenvalue weighted by molar-refractivity contribution is 7.91. The molecule has 0 saturated carbocycles. The van der Waals surface area contributed by atoms with Crippen LogP contribution in [0.25, 0.3) is 0 Å². The maximum absolute atomic E-state index is 14.1. The lowest BCUT2D eigenvalue weighted by Gasteiger charge is -2.28. The monoisotopic (exact) mass is 626 g/mol. The number of carbonyl (C=O) groups is 1. The lowest BCUT2D eigenvalue weighted by Crippen LogP contribution is -2.51. The van der Waals surface area contributed by atoms with Gasteiger partial charge in [0.05, 0.1) is 50.7 Å². The first-order valence-corrected chi connectivity index (χ1v) is 15.8. The molecule has 4 rings (SSSR count). The van der Waals surface area contributed by atoms with Crippen molar-refractivity contribution in [1.29, 1.82) is 0 Å². The predicted molar refractivity (Wildman–Crippen MR) is 165 cm³/mol. The van der Waals surface area contributed by atoms with E-state index >= 15 is 0 Å². The molecule has 3 aromatic rings. The fraction of sp³-hybridized carbons (Fsp3) is 0.375. The second-order valence-electron chi connectivity index (χ2n) is 10.1. The summed E-state index contributed by atoms with van der Waals surface area (Å²) in [7, 11) is 0.799. The molecule has 2 N–H and O–H groups in total. The van der Waals surface area contributed by atoms with Gasteiger partial charge in [-0.1, -0.05) is 18.2 Å². The van der Waals surface area contributed by atoms with Crippen LogP contribution in [0.2, 0.25) is 0 Å². The molecule has 0 saturated heterocycles. The maximum atomic E-state index is 14.1. The van der Waals surface area contributed by atoms with Crippen molar-refractivity contribution < 1.29 is 42.0 Å². The first kappa shape index (κ1) is 32.6. The molecular formula is C32H38N2O9S. The van der Waals surface area contributed by atoms with Crippen molar-refractivity contribution in [3.8, 4) is 23.0 Å². The molecule has 1 aliphatic rings. The lowest BCUT2D eigenvalue weighted by atomic mass is 9.90. The van der Waals surface area contributed by atoms with Crippen molar-refractivity contribution in [3.63, 3.8) is 0 Å². The number of hydrogen-bond donors (Lipinski definition) is 2. The minimum Gasteiger partial charge on any atom is -0.496 e. The molecule has 44 heavy (non-hydrogen) atoms. The van der Waals surface area contributed by atoms with E-state index in [1.165, 1.54) is 33.5 Å². The van der Waals surface area contributed by atoms with Crippen LogP contribution in [0.5, 0.6) is 23.0 Å². The van der Waals surface area contributed by atoms with E-state index < -0.39 is 27.4 Å². The SMILES string of the molecule is COc1cc(OC)c(CNC(=O)[C@]2(CCS(=O)(=O)c3ccccc3)N=C(c3ccc(OCCCO)cc3)O[C@@H]2C)c(OC)c1. The van der Waals surface area contributed by atoms with Crippen LogP contribution in [0.1, 0.15) is 30.9 Å². The topological polar surface area (TPSA) is 142 Å². The number of nitrogens with one attached hydrogen (secondary N) is 1. The minimum absolute atomic E-state index is 0.0137.